The normalized spacial score (nSPS) is 38.4. The Kier molecular flexibility index (Phi) is 8.07. The third-order valence-corrected chi connectivity index (χ3v) is 10.8. The van der Waals surface area contributed by atoms with Gasteiger partial charge in [-0.1, -0.05) is 39.3 Å². The molecule has 0 aromatic carbocycles. The zero-order valence-corrected chi connectivity index (χ0v) is 23.6. The molecule has 9 atom stereocenters. The van der Waals surface area contributed by atoms with E-state index < -0.39 is 0 Å². The van der Waals surface area contributed by atoms with Crippen LogP contribution in [-0.2, 0) is 28.7 Å². The topological polar surface area (TPSA) is 86.7 Å². The number of ether oxygens (including phenoxy) is 2. The maximum Gasteiger partial charge on any atom is 0.302 e. The molecule has 37 heavy (non-hydrogen) atoms. The molecule has 0 spiro atoms. The van der Waals surface area contributed by atoms with Crippen LogP contribution in [0, 0.1) is 46.3 Å². The molecule has 0 aromatic rings. The lowest BCUT2D eigenvalue weighted by molar-refractivity contribution is -0.149. The maximum atomic E-state index is 13.5. The van der Waals surface area contributed by atoms with E-state index in [-0.39, 0.29) is 58.2 Å². The highest BCUT2D eigenvalue weighted by Gasteiger charge is 2.62. The fourth-order valence-electron chi connectivity index (χ4n) is 8.79. The molecule has 4 aliphatic carbocycles. The second-order valence-electron chi connectivity index (χ2n) is 13.1. The summed E-state index contributed by atoms with van der Waals surface area (Å²) < 4.78 is 10.7. The molecule has 0 bridgehead atoms. The quantitative estimate of drug-likeness (QED) is 0.298. The summed E-state index contributed by atoms with van der Waals surface area (Å²) in [6.07, 6.45) is 9.92. The minimum absolute atomic E-state index is 0.0109. The standard InChI is InChI=1S/C31H46O6/c1-18(17-36-20(3)32)7-10-27(34)19(2)29-28(35)16-26-24-9-8-22-15-23(37-21(4)33)11-13-30(22,5)25(24)12-14-31(26,29)6/h8,18-19,23-26,29H,7,9-17H2,1-6H3/t18?,19-,23+,24-,25+,26+,29+,30+,31+/m1/s1. The van der Waals surface area contributed by atoms with Crippen LogP contribution in [0.25, 0.3) is 0 Å². The van der Waals surface area contributed by atoms with Crippen molar-refractivity contribution in [1.82, 2.24) is 0 Å². The van der Waals surface area contributed by atoms with Gasteiger partial charge < -0.3 is 9.47 Å². The van der Waals surface area contributed by atoms with Gasteiger partial charge in [0.15, 0.2) is 0 Å². The Hall–Kier alpha value is -1.98. The fourth-order valence-corrected chi connectivity index (χ4v) is 8.79. The van der Waals surface area contributed by atoms with Crippen LogP contribution >= 0.6 is 0 Å². The van der Waals surface area contributed by atoms with Gasteiger partial charge in [-0.2, -0.15) is 0 Å². The number of ketones is 2. The molecule has 4 rings (SSSR count). The van der Waals surface area contributed by atoms with Crippen molar-refractivity contribution in [2.75, 3.05) is 6.61 Å². The average Bonchev–Trinajstić information content (AvgIpc) is 3.10. The number of carbonyl (C=O) groups excluding carboxylic acids is 4. The zero-order chi connectivity index (χ0) is 27.1. The summed E-state index contributed by atoms with van der Waals surface area (Å²) in [5.74, 6) is 0.932. The molecule has 0 aromatic heterocycles. The first-order chi connectivity index (χ1) is 17.4. The molecule has 6 heteroatoms. The maximum absolute atomic E-state index is 13.5. The third kappa shape index (κ3) is 5.31. The molecule has 0 N–H and O–H groups in total. The highest BCUT2D eigenvalue weighted by molar-refractivity contribution is 5.92. The summed E-state index contributed by atoms with van der Waals surface area (Å²) in [7, 11) is 0. The summed E-state index contributed by atoms with van der Waals surface area (Å²) in [5.41, 5.74) is 1.43. The fraction of sp³-hybridized carbons (Fsp3) is 0.806. The number of Topliss-reactive ketones (excluding diaryl/α,β-unsaturated/α-hetero) is 2. The highest BCUT2D eigenvalue weighted by Crippen LogP contribution is 2.66. The van der Waals surface area contributed by atoms with Crippen LogP contribution in [0.1, 0.15) is 99.3 Å². The van der Waals surface area contributed by atoms with E-state index >= 15 is 0 Å². The summed E-state index contributed by atoms with van der Waals surface area (Å²) in [5, 5.41) is 0. The van der Waals surface area contributed by atoms with Crippen LogP contribution in [0.3, 0.4) is 0 Å². The summed E-state index contributed by atoms with van der Waals surface area (Å²) in [6, 6.07) is 0. The average molecular weight is 515 g/mol. The van der Waals surface area contributed by atoms with Crippen LogP contribution < -0.4 is 0 Å². The van der Waals surface area contributed by atoms with Crippen LogP contribution in [-0.4, -0.2) is 36.2 Å². The van der Waals surface area contributed by atoms with Crippen molar-refractivity contribution in [2.24, 2.45) is 46.3 Å². The van der Waals surface area contributed by atoms with Gasteiger partial charge in [-0.15, -0.1) is 0 Å². The second-order valence-corrected chi connectivity index (χ2v) is 13.1. The highest BCUT2D eigenvalue weighted by atomic mass is 16.5. The lowest BCUT2D eigenvalue weighted by Gasteiger charge is -2.58. The number of rotatable bonds is 8. The Morgan fingerprint density at radius 1 is 1.03 bits per heavy atom. The largest absolute Gasteiger partial charge is 0.466 e. The van der Waals surface area contributed by atoms with Crippen molar-refractivity contribution >= 4 is 23.5 Å². The minimum Gasteiger partial charge on any atom is -0.466 e. The monoisotopic (exact) mass is 514 g/mol. The Labute approximate surface area is 222 Å². The Bertz CT molecular complexity index is 967. The number of hydrogen-bond acceptors (Lipinski definition) is 6. The molecule has 0 amide bonds. The first-order valence-electron chi connectivity index (χ1n) is 14.4. The first kappa shape index (κ1) is 28.0. The molecule has 0 heterocycles. The molecule has 6 nitrogen and oxygen atoms in total. The van der Waals surface area contributed by atoms with Gasteiger partial charge in [0, 0.05) is 44.9 Å². The predicted octanol–water partition coefficient (Wildman–Crippen LogP) is 5.86. The van der Waals surface area contributed by atoms with Crippen LogP contribution in [0.15, 0.2) is 11.6 Å². The Balaban J connectivity index is 1.45. The molecule has 0 saturated heterocycles. The van der Waals surface area contributed by atoms with E-state index in [1.54, 1.807) is 0 Å². The molecule has 3 saturated carbocycles. The van der Waals surface area contributed by atoms with E-state index in [1.165, 1.54) is 19.4 Å². The summed E-state index contributed by atoms with van der Waals surface area (Å²) in [6.45, 7) is 11.9. The first-order valence-corrected chi connectivity index (χ1v) is 14.4. The van der Waals surface area contributed by atoms with Crippen molar-refractivity contribution in [3.05, 3.63) is 11.6 Å². The van der Waals surface area contributed by atoms with Gasteiger partial charge in [0.05, 0.1) is 6.61 Å². The summed E-state index contributed by atoms with van der Waals surface area (Å²) >= 11 is 0. The van der Waals surface area contributed by atoms with Gasteiger partial charge in [-0.3, -0.25) is 19.2 Å². The van der Waals surface area contributed by atoms with Crippen molar-refractivity contribution in [1.29, 1.82) is 0 Å². The molecular weight excluding hydrogens is 468 g/mol. The van der Waals surface area contributed by atoms with Gasteiger partial charge in [0.25, 0.3) is 0 Å². The lowest BCUT2D eigenvalue weighted by atomic mass is 9.47. The molecule has 1 unspecified atom stereocenters. The molecular formula is C31H46O6. The van der Waals surface area contributed by atoms with E-state index in [9.17, 15) is 19.2 Å². The van der Waals surface area contributed by atoms with Gasteiger partial charge in [-0.05, 0) is 73.0 Å². The van der Waals surface area contributed by atoms with Crippen molar-refractivity contribution in [3.63, 3.8) is 0 Å². The summed E-state index contributed by atoms with van der Waals surface area (Å²) in [4.78, 5) is 49.4. The van der Waals surface area contributed by atoms with Gasteiger partial charge in [0.2, 0.25) is 0 Å². The van der Waals surface area contributed by atoms with Gasteiger partial charge >= 0.3 is 11.9 Å². The predicted molar refractivity (Wildman–Crippen MR) is 140 cm³/mol. The SMILES string of the molecule is CC(=O)OCC(C)CCC(=O)[C@@H](C)[C@H]1C(=O)C[C@H]2[C@@H]3CC=C4C[C@@H](OC(C)=O)CC[C@]4(C)[C@H]3CC[C@]12C. The van der Waals surface area contributed by atoms with Gasteiger partial charge in [0.1, 0.15) is 17.7 Å². The van der Waals surface area contributed by atoms with E-state index in [0.717, 1.165) is 38.5 Å². The van der Waals surface area contributed by atoms with Crippen molar-refractivity contribution in [2.45, 2.75) is 105 Å². The van der Waals surface area contributed by atoms with E-state index in [2.05, 4.69) is 19.9 Å². The van der Waals surface area contributed by atoms with Crippen LogP contribution in [0.2, 0.25) is 0 Å². The van der Waals surface area contributed by atoms with Crippen LogP contribution in [0.4, 0.5) is 0 Å². The van der Waals surface area contributed by atoms with Gasteiger partial charge in [-0.25, -0.2) is 0 Å². The molecule has 4 aliphatic rings. The number of esters is 2. The second kappa shape index (κ2) is 10.6. The Morgan fingerprint density at radius 3 is 2.43 bits per heavy atom. The minimum atomic E-state index is -0.298. The van der Waals surface area contributed by atoms with Crippen molar-refractivity contribution < 1.29 is 28.7 Å². The Morgan fingerprint density at radius 2 is 1.76 bits per heavy atom. The third-order valence-electron chi connectivity index (χ3n) is 10.8. The molecule has 0 aliphatic heterocycles. The molecule has 206 valence electrons. The smallest absolute Gasteiger partial charge is 0.302 e. The van der Waals surface area contributed by atoms with Crippen LogP contribution in [0.5, 0.6) is 0 Å². The van der Waals surface area contributed by atoms with E-state index in [1.807, 2.05) is 13.8 Å². The van der Waals surface area contributed by atoms with E-state index in [4.69, 9.17) is 9.47 Å². The molecule has 0 radical (unpaired) electrons. The molecule has 3 fully saturated rings. The number of hydrogen-bond donors (Lipinski definition) is 0. The van der Waals surface area contributed by atoms with E-state index in [0.29, 0.717) is 43.6 Å². The number of carbonyl (C=O) groups is 4. The number of allylic oxidation sites excluding steroid dienone is 1. The van der Waals surface area contributed by atoms with Crippen molar-refractivity contribution in [3.8, 4) is 0 Å². The number of fused-ring (bicyclic) bond motifs is 5. The lowest BCUT2D eigenvalue weighted by Crippen LogP contribution is -2.51. The zero-order valence-electron chi connectivity index (χ0n) is 23.6.